The fourth-order valence-electron chi connectivity index (χ4n) is 5.76. The number of carbonyl (C=O) groups excluding carboxylic acids is 1. The SMILES string of the molecule is COC(=O)[C@H]1[C@@H](O)[C@@]2(O)c3c(OC)cc(O)cc3O[C@@]2(c2ccc(C)cc2)[C@@H]1c1ccccc1. The van der Waals surface area contributed by atoms with Crippen molar-refractivity contribution < 1.29 is 34.3 Å². The highest BCUT2D eigenvalue weighted by Crippen LogP contribution is 2.70. The van der Waals surface area contributed by atoms with E-state index in [4.69, 9.17) is 14.2 Å². The zero-order chi connectivity index (χ0) is 24.3. The Bertz CT molecular complexity index is 1240. The van der Waals surface area contributed by atoms with Gasteiger partial charge < -0.3 is 29.5 Å². The number of phenols is 1. The van der Waals surface area contributed by atoms with Crippen molar-refractivity contribution in [2.45, 2.75) is 30.1 Å². The number of ether oxygens (including phenoxy) is 3. The van der Waals surface area contributed by atoms with E-state index in [9.17, 15) is 20.1 Å². The minimum absolute atomic E-state index is 0.117. The number of benzene rings is 3. The van der Waals surface area contributed by atoms with Gasteiger partial charge in [0.25, 0.3) is 0 Å². The van der Waals surface area contributed by atoms with Gasteiger partial charge in [0.1, 0.15) is 23.4 Å². The second-order valence-corrected chi connectivity index (χ2v) is 8.87. The Kier molecular flexibility index (Phi) is 5.07. The third-order valence-corrected chi connectivity index (χ3v) is 7.17. The molecule has 7 nitrogen and oxygen atoms in total. The average Bonchev–Trinajstić information content (AvgIpc) is 3.21. The Balaban J connectivity index is 1.90. The maximum atomic E-state index is 13.1. The van der Waals surface area contributed by atoms with Gasteiger partial charge in [0, 0.05) is 18.1 Å². The number of aliphatic hydroxyl groups excluding tert-OH is 1. The van der Waals surface area contributed by atoms with Crippen molar-refractivity contribution in [3.63, 3.8) is 0 Å². The molecule has 3 N–H and O–H groups in total. The van der Waals surface area contributed by atoms with Crippen LogP contribution in [0.25, 0.3) is 0 Å². The van der Waals surface area contributed by atoms with Gasteiger partial charge in [-0.2, -0.15) is 0 Å². The van der Waals surface area contributed by atoms with Crippen LogP contribution in [0.15, 0.2) is 66.7 Å². The Morgan fingerprint density at radius 3 is 2.32 bits per heavy atom. The molecule has 34 heavy (non-hydrogen) atoms. The molecule has 3 aromatic rings. The number of hydrogen-bond donors (Lipinski definition) is 3. The predicted molar refractivity (Wildman–Crippen MR) is 123 cm³/mol. The molecule has 0 amide bonds. The normalized spacial score (nSPS) is 29.1. The van der Waals surface area contributed by atoms with Crippen molar-refractivity contribution in [2.75, 3.05) is 14.2 Å². The molecular formula is C27H26O7. The molecule has 0 spiro atoms. The second kappa shape index (κ2) is 7.75. The van der Waals surface area contributed by atoms with Crippen molar-refractivity contribution in [2.24, 2.45) is 5.92 Å². The van der Waals surface area contributed by atoms with Gasteiger partial charge in [-0.15, -0.1) is 0 Å². The van der Waals surface area contributed by atoms with Gasteiger partial charge in [0.05, 0.1) is 25.7 Å². The molecular weight excluding hydrogens is 436 g/mol. The van der Waals surface area contributed by atoms with Crippen molar-refractivity contribution in [3.8, 4) is 17.2 Å². The molecule has 5 rings (SSSR count). The summed E-state index contributed by atoms with van der Waals surface area (Å²) in [5.41, 5.74) is -1.30. The summed E-state index contributed by atoms with van der Waals surface area (Å²) in [6, 6.07) is 19.3. The first-order valence-corrected chi connectivity index (χ1v) is 11.0. The van der Waals surface area contributed by atoms with Crippen LogP contribution in [0.5, 0.6) is 17.2 Å². The molecule has 5 atom stereocenters. The predicted octanol–water partition coefficient (Wildman–Crippen LogP) is 3.13. The van der Waals surface area contributed by atoms with Crippen LogP contribution in [0.1, 0.15) is 28.2 Å². The maximum Gasteiger partial charge on any atom is 0.312 e. The smallest absolute Gasteiger partial charge is 0.312 e. The topological polar surface area (TPSA) is 105 Å². The van der Waals surface area contributed by atoms with Crippen LogP contribution >= 0.6 is 0 Å². The number of aryl methyl sites for hydroxylation is 1. The lowest BCUT2D eigenvalue weighted by Gasteiger charge is -2.40. The van der Waals surface area contributed by atoms with Gasteiger partial charge in [0.15, 0.2) is 11.2 Å². The monoisotopic (exact) mass is 462 g/mol. The Morgan fingerprint density at radius 1 is 1.03 bits per heavy atom. The van der Waals surface area contributed by atoms with Crippen molar-refractivity contribution in [1.82, 2.24) is 0 Å². The molecule has 0 radical (unpaired) electrons. The van der Waals surface area contributed by atoms with E-state index in [0.29, 0.717) is 11.1 Å². The minimum Gasteiger partial charge on any atom is -0.508 e. The number of hydrogen-bond acceptors (Lipinski definition) is 7. The third-order valence-electron chi connectivity index (χ3n) is 7.17. The number of aliphatic hydroxyl groups is 2. The number of esters is 1. The summed E-state index contributed by atoms with van der Waals surface area (Å²) in [6.45, 7) is 1.94. The van der Waals surface area contributed by atoms with Gasteiger partial charge >= 0.3 is 5.97 Å². The van der Waals surface area contributed by atoms with E-state index in [1.165, 1.54) is 26.4 Å². The summed E-state index contributed by atoms with van der Waals surface area (Å²) in [5, 5.41) is 34.5. The zero-order valence-electron chi connectivity index (χ0n) is 19.1. The van der Waals surface area contributed by atoms with E-state index in [1.54, 1.807) is 0 Å². The summed E-state index contributed by atoms with van der Waals surface area (Å²) in [7, 11) is 2.65. The van der Waals surface area contributed by atoms with Crippen LogP contribution in [0.3, 0.4) is 0 Å². The first kappa shape index (κ1) is 22.3. The molecule has 176 valence electrons. The van der Waals surface area contributed by atoms with Crippen LogP contribution in [-0.4, -0.2) is 41.6 Å². The first-order valence-electron chi connectivity index (χ1n) is 11.0. The van der Waals surface area contributed by atoms with Crippen LogP contribution in [-0.2, 0) is 20.7 Å². The molecule has 1 aliphatic heterocycles. The van der Waals surface area contributed by atoms with Gasteiger partial charge in [-0.05, 0) is 18.1 Å². The number of methoxy groups -OCH3 is 2. The molecule has 3 aromatic carbocycles. The zero-order valence-corrected chi connectivity index (χ0v) is 19.1. The van der Waals surface area contributed by atoms with Crippen molar-refractivity contribution >= 4 is 5.97 Å². The molecule has 1 saturated carbocycles. The Morgan fingerprint density at radius 2 is 1.71 bits per heavy atom. The first-order chi connectivity index (χ1) is 16.3. The van der Waals surface area contributed by atoms with E-state index >= 15 is 0 Å². The van der Waals surface area contributed by atoms with Crippen molar-refractivity contribution in [1.29, 1.82) is 0 Å². The van der Waals surface area contributed by atoms with Crippen LogP contribution in [0.4, 0.5) is 0 Å². The average molecular weight is 462 g/mol. The van der Waals surface area contributed by atoms with E-state index in [0.717, 1.165) is 5.56 Å². The molecule has 7 heteroatoms. The maximum absolute atomic E-state index is 13.1. The minimum atomic E-state index is -2.10. The summed E-state index contributed by atoms with van der Waals surface area (Å²) in [5.74, 6) is -2.45. The third kappa shape index (κ3) is 2.74. The quantitative estimate of drug-likeness (QED) is 0.512. The van der Waals surface area contributed by atoms with E-state index in [1.807, 2.05) is 61.5 Å². The second-order valence-electron chi connectivity index (χ2n) is 8.87. The summed E-state index contributed by atoms with van der Waals surface area (Å²) in [4.78, 5) is 13.1. The Hall–Kier alpha value is -3.55. The van der Waals surface area contributed by atoms with Gasteiger partial charge in [0.2, 0.25) is 0 Å². The highest BCUT2D eigenvalue weighted by molar-refractivity contribution is 5.78. The highest BCUT2D eigenvalue weighted by Gasteiger charge is 2.78. The largest absolute Gasteiger partial charge is 0.508 e. The van der Waals surface area contributed by atoms with Crippen LogP contribution < -0.4 is 9.47 Å². The lowest BCUT2D eigenvalue weighted by molar-refractivity contribution is -0.161. The van der Waals surface area contributed by atoms with Crippen molar-refractivity contribution in [3.05, 3.63) is 89.0 Å². The molecule has 0 aromatic heterocycles. The molecule has 2 aliphatic rings. The molecule has 1 heterocycles. The fraction of sp³-hybridized carbons (Fsp3) is 0.296. The molecule has 0 saturated heterocycles. The lowest BCUT2D eigenvalue weighted by Crippen LogP contribution is -2.52. The molecule has 1 aliphatic carbocycles. The number of carbonyl (C=O) groups is 1. The molecule has 0 unspecified atom stereocenters. The van der Waals surface area contributed by atoms with E-state index < -0.39 is 35.1 Å². The Labute approximate surface area is 197 Å². The van der Waals surface area contributed by atoms with E-state index in [-0.39, 0.29) is 22.8 Å². The van der Waals surface area contributed by atoms with Crippen LogP contribution in [0.2, 0.25) is 0 Å². The number of rotatable bonds is 4. The van der Waals surface area contributed by atoms with E-state index in [2.05, 4.69) is 0 Å². The van der Waals surface area contributed by atoms with Crippen LogP contribution in [0, 0.1) is 12.8 Å². The number of phenolic OH excluding ortho intramolecular Hbond substituents is 1. The standard InChI is InChI=1S/C27H26O7/c1-15-9-11-17(12-10-15)27-22(16-7-5-4-6-8-16)21(25(30)33-3)24(29)26(27,31)23-19(32-2)13-18(28)14-20(23)34-27/h4-14,21-22,24,28-29,31H,1-3H3/t21-,22-,24-,26+,27+/m1/s1. The number of fused-ring (bicyclic) bond motifs is 3. The fourth-order valence-corrected chi connectivity index (χ4v) is 5.76. The number of aromatic hydroxyl groups is 1. The summed E-state index contributed by atoms with van der Waals surface area (Å²) in [6.07, 6.45) is -1.61. The molecule has 1 fully saturated rings. The van der Waals surface area contributed by atoms with Gasteiger partial charge in [-0.3, -0.25) is 4.79 Å². The summed E-state index contributed by atoms with van der Waals surface area (Å²) < 4.78 is 17.2. The highest BCUT2D eigenvalue weighted by atomic mass is 16.5. The van der Waals surface area contributed by atoms with Gasteiger partial charge in [-0.25, -0.2) is 0 Å². The summed E-state index contributed by atoms with van der Waals surface area (Å²) >= 11 is 0. The molecule has 0 bridgehead atoms. The lowest BCUT2D eigenvalue weighted by atomic mass is 9.70. The van der Waals surface area contributed by atoms with Gasteiger partial charge in [-0.1, -0.05) is 60.2 Å².